The lowest BCUT2D eigenvalue weighted by molar-refractivity contribution is 0.629. The summed E-state index contributed by atoms with van der Waals surface area (Å²) >= 11 is 5.63. The summed E-state index contributed by atoms with van der Waals surface area (Å²) in [5.41, 5.74) is 1.52. The number of anilines is 1. The van der Waals surface area contributed by atoms with E-state index in [0.29, 0.717) is 5.88 Å². The van der Waals surface area contributed by atoms with Gasteiger partial charge in [-0.15, -0.1) is 11.6 Å². The van der Waals surface area contributed by atoms with Gasteiger partial charge >= 0.3 is 0 Å². The number of nitrogens with zero attached hydrogens (tertiary/aromatic N) is 2. The number of H-pyrrole nitrogens is 1. The minimum Gasteiger partial charge on any atom is -0.345 e. The summed E-state index contributed by atoms with van der Waals surface area (Å²) in [4.78, 5) is 9.60. The van der Waals surface area contributed by atoms with Gasteiger partial charge in [-0.1, -0.05) is 6.42 Å². The van der Waals surface area contributed by atoms with Crippen molar-refractivity contribution in [2.75, 3.05) is 24.4 Å². The average molecular weight is 270 g/mol. The van der Waals surface area contributed by atoms with E-state index in [1.54, 1.807) is 6.07 Å². The van der Waals surface area contributed by atoms with Gasteiger partial charge in [-0.05, 0) is 31.0 Å². The van der Waals surface area contributed by atoms with E-state index in [1.165, 1.54) is 12.1 Å². The first-order chi connectivity index (χ1) is 8.70. The van der Waals surface area contributed by atoms with Crippen molar-refractivity contribution < 1.29 is 4.39 Å². The Morgan fingerprint density at radius 1 is 1.33 bits per heavy atom. The normalized spacial score (nSPS) is 11.1. The Hall–Kier alpha value is -1.29. The van der Waals surface area contributed by atoms with E-state index in [9.17, 15) is 4.39 Å². The van der Waals surface area contributed by atoms with Crippen molar-refractivity contribution in [1.82, 2.24) is 9.97 Å². The minimum absolute atomic E-state index is 0.248. The number of aromatic nitrogens is 2. The molecular formula is C13H17ClFN3. The Morgan fingerprint density at radius 3 is 2.94 bits per heavy atom. The van der Waals surface area contributed by atoms with E-state index in [0.717, 1.165) is 42.8 Å². The zero-order chi connectivity index (χ0) is 13.0. The zero-order valence-electron chi connectivity index (χ0n) is 10.4. The number of nitrogens with one attached hydrogen (secondary N) is 1. The number of alkyl halides is 1. The lowest BCUT2D eigenvalue weighted by Gasteiger charge is -2.15. The highest BCUT2D eigenvalue weighted by atomic mass is 35.5. The van der Waals surface area contributed by atoms with Crippen molar-refractivity contribution in [3.63, 3.8) is 0 Å². The second kappa shape index (κ2) is 6.05. The first-order valence-corrected chi connectivity index (χ1v) is 6.66. The fraction of sp³-hybridized carbons (Fsp3) is 0.462. The SMILES string of the molecule is CN(CCCCCCl)c1nc2ccc(F)cc2[nH]1. The molecule has 1 N–H and O–H groups in total. The van der Waals surface area contributed by atoms with Gasteiger partial charge in [0.1, 0.15) is 5.82 Å². The third kappa shape index (κ3) is 3.13. The molecule has 1 aromatic heterocycles. The molecule has 5 heteroatoms. The van der Waals surface area contributed by atoms with Crippen molar-refractivity contribution in [2.24, 2.45) is 0 Å². The summed E-state index contributed by atoms with van der Waals surface area (Å²) in [6.45, 7) is 0.916. The summed E-state index contributed by atoms with van der Waals surface area (Å²) in [7, 11) is 1.98. The Morgan fingerprint density at radius 2 is 2.17 bits per heavy atom. The molecule has 0 atom stereocenters. The molecule has 0 aliphatic heterocycles. The fourth-order valence-corrected chi connectivity index (χ4v) is 2.06. The van der Waals surface area contributed by atoms with Gasteiger partial charge in [0, 0.05) is 19.5 Å². The largest absolute Gasteiger partial charge is 0.345 e. The summed E-state index contributed by atoms with van der Waals surface area (Å²) in [5.74, 6) is 1.25. The van der Waals surface area contributed by atoms with Crippen LogP contribution in [0.3, 0.4) is 0 Å². The maximum absolute atomic E-state index is 13.1. The zero-order valence-corrected chi connectivity index (χ0v) is 11.2. The summed E-state index contributed by atoms with van der Waals surface area (Å²) < 4.78 is 13.1. The Bertz CT molecular complexity index is 512. The number of rotatable bonds is 6. The molecule has 3 nitrogen and oxygen atoms in total. The molecule has 2 aromatic rings. The summed E-state index contributed by atoms with van der Waals surface area (Å²) in [5, 5.41) is 0. The Labute approximate surface area is 111 Å². The molecule has 98 valence electrons. The van der Waals surface area contributed by atoms with Gasteiger partial charge in [0.25, 0.3) is 0 Å². The van der Waals surface area contributed by atoms with Gasteiger partial charge in [0.2, 0.25) is 5.95 Å². The van der Waals surface area contributed by atoms with Crippen LogP contribution in [-0.4, -0.2) is 29.4 Å². The van der Waals surface area contributed by atoms with E-state index in [4.69, 9.17) is 11.6 Å². The maximum Gasteiger partial charge on any atom is 0.203 e. The van der Waals surface area contributed by atoms with Crippen LogP contribution >= 0.6 is 11.6 Å². The summed E-state index contributed by atoms with van der Waals surface area (Å²) in [6, 6.07) is 4.58. The molecule has 1 aromatic carbocycles. The molecule has 0 aliphatic carbocycles. The number of hydrogen-bond donors (Lipinski definition) is 1. The molecular weight excluding hydrogens is 253 g/mol. The molecule has 0 saturated heterocycles. The van der Waals surface area contributed by atoms with Crippen LogP contribution in [0.1, 0.15) is 19.3 Å². The third-order valence-corrected chi connectivity index (χ3v) is 3.19. The molecule has 0 spiro atoms. The second-order valence-corrected chi connectivity index (χ2v) is 4.77. The van der Waals surface area contributed by atoms with Crippen molar-refractivity contribution in [1.29, 1.82) is 0 Å². The van der Waals surface area contributed by atoms with Gasteiger partial charge in [-0.3, -0.25) is 0 Å². The lowest BCUT2D eigenvalue weighted by Crippen LogP contribution is -2.19. The molecule has 18 heavy (non-hydrogen) atoms. The van der Waals surface area contributed by atoms with Crippen LogP contribution in [0.4, 0.5) is 10.3 Å². The van der Waals surface area contributed by atoms with Crippen LogP contribution in [0.25, 0.3) is 11.0 Å². The van der Waals surface area contributed by atoms with E-state index < -0.39 is 0 Å². The summed E-state index contributed by atoms with van der Waals surface area (Å²) in [6.07, 6.45) is 3.23. The highest BCUT2D eigenvalue weighted by Crippen LogP contribution is 2.17. The van der Waals surface area contributed by atoms with E-state index in [-0.39, 0.29) is 5.82 Å². The molecule has 0 amide bonds. The van der Waals surface area contributed by atoms with Gasteiger partial charge in [0.15, 0.2) is 0 Å². The topological polar surface area (TPSA) is 31.9 Å². The van der Waals surface area contributed by atoms with E-state index in [1.807, 2.05) is 11.9 Å². The first kappa shape index (κ1) is 13.1. The number of hydrogen-bond acceptors (Lipinski definition) is 2. The molecule has 0 bridgehead atoms. The van der Waals surface area contributed by atoms with Crippen LogP contribution in [0.2, 0.25) is 0 Å². The number of imidazole rings is 1. The van der Waals surface area contributed by atoms with Crippen LogP contribution < -0.4 is 4.90 Å². The van der Waals surface area contributed by atoms with E-state index in [2.05, 4.69) is 9.97 Å². The number of halogens is 2. The van der Waals surface area contributed by atoms with Crippen LogP contribution in [0, 0.1) is 5.82 Å². The molecule has 0 saturated carbocycles. The molecule has 0 fully saturated rings. The van der Waals surface area contributed by atoms with Gasteiger partial charge in [0.05, 0.1) is 11.0 Å². The van der Waals surface area contributed by atoms with E-state index >= 15 is 0 Å². The molecule has 0 aliphatic rings. The van der Waals surface area contributed by atoms with Gasteiger partial charge in [-0.25, -0.2) is 9.37 Å². The smallest absolute Gasteiger partial charge is 0.203 e. The first-order valence-electron chi connectivity index (χ1n) is 6.13. The fourth-order valence-electron chi connectivity index (χ4n) is 1.88. The molecule has 2 rings (SSSR count). The number of aromatic amines is 1. The highest BCUT2D eigenvalue weighted by Gasteiger charge is 2.07. The number of fused-ring (bicyclic) bond motifs is 1. The highest BCUT2D eigenvalue weighted by molar-refractivity contribution is 6.17. The van der Waals surface area contributed by atoms with Gasteiger partial charge < -0.3 is 9.88 Å². The minimum atomic E-state index is -0.248. The van der Waals surface area contributed by atoms with Crippen molar-refractivity contribution in [2.45, 2.75) is 19.3 Å². The molecule has 0 radical (unpaired) electrons. The quantitative estimate of drug-likeness (QED) is 0.642. The van der Waals surface area contributed by atoms with Crippen LogP contribution in [-0.2, 0) is 0 Å². The number of unbranched alkanes of at least 4 members (excludes halogenated alkanes) is 2. The predicted octanol–water partition coefficient (Wildman–Crippen LogP) is 3.55. The van der Waals surface area contributed by atoms with Crippen molar-refractivity contribution >= 4 is 28.6 Å². The lowest BCUT2D eigenvalue weighted by atomic mass is 10.2. The van der Waals surface area contributed by atoms with Crippen molar-refractivity contribution in [3.8, 4) is 0 Å². The Kier molecular flexibility index (Phi) is 4.42. The monoisotopic (exact) mass is 269 g/mol. The van der Waals surface area contributed by atoms with Crippen LogP contribution in [0.15, 0.2) is 18.2 Å². The van der Waals surface area contributed by atoms with Crippen LogP contribution in [0.5, 0.6) is 0 Å². The Balaban J connectivity index is 2.01. The standard InChI is InChI=1S/C13H17ClFN3/c1-18(8-4-2-3-7-14)13-16-11-6-5-10(15)9-12(11)17-13/h5-6,9H,2-4,7-8H2,1H3,(H,16,17). The second-order valence-electron chi connectivity index (χ2n) is 4.39. The maximum atomic E-state index is 13.1. The van der Waals surface area contributed by atoms with Gasteiger partial charge in [-0.2, -0.15) is 0 Å². The third-order valence-electron chi connectivity index (χ3n) is 2.92. The number of benzene rings is 1. The predicted molar refractivity (Wildman–Crippen MR) is 73.9 cm³/mol. The van der Waals surface area contributed by atoms with Crippen molar-refractivity contribution in [3.05, 3.63) is 24.0 Å². The average Bonchev–Trinajstić information content (AvgIpc) is 2.77. The molecule has 0 unspecified atom stereocenters. The molecule has 1 heterocycles.